The fourth-order valence-electron chi connectivity index (χ4n) is 3.00. The Morgan fingerprint density at radius 1 is 1.31 bits per heavy atom. The molecule has 0 bridgehead atoms. The Morgan fingerprint density at radius 2 is 2.15 bits per heavy atom. The van der Waals surface area contributed by atoms with E-state index in [1.807, 2.05) is 30.3 Å². The molecular weight excluding hydrogens is 348 g/mol. The molecule has 1 unspecified atom stereocenters. The van der Waals surface area contributed by atoms with Crippen molar-refractivity contribution in [1.29, 1.82) is 0 Å². The molecule has 6 heteroatoms. The summed E-state index contributed by atoms with van der Waals surface area (Å²) >= 11 is 1.57. The van der Waals surface area contributed by atoms with Crippen molar-refractivity contribution in [3.8, 4) is 5.75 Å². The summed E-state index contributed by atoms with van der Waals surface area (Å²) in [6.45, 7) is 2.53. The summed E-state index contributed by atoms with van der Waals surface area (Å²) in [4.78, 5) is 18.2. The van der Waals surface area contributed by atoms with Crippen LogP contribution < -0.4 is 10.1 Å². The van der Waals surface area contributed by atoms with Crippen molar-refractivity contribution >= 4 is 22.4 Å². The summed E-state index contributed by atoms with van der Waals surface area (Å²) in [6.07, 6.45) is 3.20. The van der Waals surface area contributed by atoms with Gasteiger partial charge in [0, 0.05) is 4.88 Å². The molecule has 26 heavy (non-hydrogen) atoms. The zero-order valence-corrected chi connectivity index (χ0v) is 15.3. The van der Waals surface area contributed by atoms with Gasteiger partial charge in [0.1, 0.15) is 18.1 Å². The summed E-state index contributed by atoms with van der Waals surface area (Å²) < 4.78 is 11.2. The topological polar surface area (TPSA) is 64.4 Å². The molecule has 2 aromatic heterocycles. The molecule has 1 amide bonds. The van der Waals surface area contributed by atoms with Crippen molar-refractivity contribution in [2.24, 2.45) is 5.92 Å². The number of thiazole rings is 1. The van der Waals surface area contributed by atoms with E-state index in [4.69, 9.17) is 9.15 Å². The Labute approximate surface area is 156 Å². The van der Waals surface area contributed by atoms with Crippen molar-refractivity contribution < 1.29 is 13.9 Å². The number of ether oxygens (including phenoxy) is 1. The number of hydrogen-bond acceptors (Lipinski definition) is 5. The molecule has 3 aromatic rings. The summed E-state index contributed by atoms with van der Waals surface area (Å²) in [7, 11) is 0. The number of amides is 1. The van der Waals surface area contributed by atoms with E-state index in [0.717, 1.165) is 30.7 Å². The van der Waals surface area contributed by atoms with Gasteiger partial charge in [-0.25, -0.2) is 4.98 Å². The SMILES string of the molecule is CC1CCc2nc(NC(=O)c3ccc(COc4ccccc4)o3)sc2C1. The number of aromatic nitrogens is 1. The number of nitrogens with one attached hydrogen (secondary N) is 1. The quantitative estimate of drug-likeness (QED) is 0.709. The molecule has 2 heterocycles. The lowest BCUT2D eigenvalue weighted by molar-refractivity contribution is 0.0992. The monoisotopic (exact) mass is 368 g/mol. The molecule has 1 N–H and O–H groups in total. The van der Waals surface area contributed by atoms with Crippen LogP contribution in [0.4, 0.5) is 5.13 Å². The Morgan fingerprint density at radius 3 is 3.00 bits per heavy atom. The number of furan rings is 1. The fraction of sp³-hybridized carbons (Fsp3) is 0.300. The van der Waals surface area contributed by atoms with Gasteiger partial charge in [-0.05, 0) is 49.4 Å². The van der Waals surface area contributed by atoms with E-state index < -0.39 is 0 Å². The minimum Gasteiger partial charge on any atom is -0.486 e. The van der Waals surface area contributed by atoms with Gasteiger partial charge in [-0.1, -0.05) is 25.1 Å². The predicted octanol–water partition coefficient (Wildman–Crippen LogP) is 4.69. The zero-order valence-electron chi connectivity index (χ0n) is 14.5. The summed E-state index contributed by atoms with van der Waals surface area (Å²) in [5.74, 6) is 2.03. The molecule has 1 aromatic carbocycles. The standard InChI is InChI=1S/C20H20N2O3S/c1-13-7-9-16-18(11-13)26-20(21-16)22-19(23)17-10-8-15(25-17)12-24-14-5-3-2-4-6-14/h2-6,8,10,13H,7,9,11-12H2,1H3,(H,21,22,23). The van der Waals surface area contributed by atoms with E-state index in [-0.39, 0.29) is 18.3 Å². The van der Waals surface area contributed by atoms with Crippen LogP contribution in [0.2, 0.25) is 0 Å². The van der Waals surface area contributed by atoms with Gasteiger partial charge in [-0.2, -0.15) is 0 Å². The first-order valence-corrected chi connectivity index (χ1v) is 9.55. The van der Waals surface area contributed by atoms with Crippen LogP contribution in [0.15, 0.2) is 46.9 Å². The molecule has 1 aliphatic rings. The molecule has 1 atom stereocenters. The molecule has 0 spiro atoms. The van der Waals surface area contributed by atoms with E-state index >= 15 is 0 Å². The van der Waals surface area contributed by atoms with Gasteiger partial charge in [0.25, 0.3) is 5.91 Å². The van der Waals surface area contributed by atoms with Crippen LogP contribution in [0.5, 0.6) is 5.75 Å². The van der Waals surface area contributed by atoms with E-state index in [0.29, 0.717) is 16.8 Å². The van der Waals surface area contributed by atoms with E-state index in [2.05, 4.69) is 17.2 Å². The number of carbonyl (C=O) groups excluding carboxylic acids is 1. The first kappa shape index (κ1) is 16.8. The van der Waals surface area contributed by atoms with Gasteiger partial charge in [0.2, 0.25) is 0 Å². The Bertz CT molecular complexity index is 901. The highest BCUT2D eigenvalue weighted by atomic mass is 32.1. The number of fused-ring (bicyclic) bond motifs is 1. The van der Waals surface area contributed by atoms with Crippen molar-refractivity contribution in [3.05, 3.63) is 64.6 Å². The minimum absolute atomic E-state index is 0.262. The largest absolute Gasteiger partial charge is 0.486 e. The molecule has 0 aliphatic heterocycles. The third kappa shape index (κ3) is 3.80. The summed E-state index contributed by atoms with van der Waals surface area (Å²) in [6, 6.07) is 12.9. The van der Waals surface area contributed by atoms with Gasteiger partial charge in [0.05, 0.1) is 5.69 Å². The Kier molecular flexibility index (Phi) is 4.75. The lowest BCUT2D eigenvalue weighted by Gasteiger charge is -2.15. The maximum absolute atomic E-state index is 12.4. The van der Waals surface area contributed by atoms with Gasteiger partial charge in [-0.15, -0.1) is 11.3 Å². The highest BCUT2D eigenvalue weighted by molar-refractivity contribution is 7.15. The maximum atomic E-state index is 12.4. The van der Waals surface area contributed by atoms with Crippen LogP contribution >= 0.6 is 11.3 Å². The van der Waals surface area contributed by atoms with Gasteiger partial charge < -0.3 is 9.15 Å². The summed E-state index contributed by atoms with van der Waals surface area (Å²) in [5.41, 5.74) is 1.12. The van der Waals surface area contributed by atoms with E-state index in [9.17, 15) is 4.79 Å². The number of benzene rings is 1. The molecule has 4 rings (SSSR count). The van der Waals surface area contributed by atoms with Crippen molar-refractivity contribution in [2.45, 2.75) is 32.8 Å². The lowest BCUT2D eigenvalue weighted by Crippen LogP contribution is -2.11. The maximum Gasteiger partial charge on any atom is 0.293 e. The van der Waals surface area contributed by atoms with Crippen molar-refractivity contribution in [3.63, 3.8) is 0 Å². The molecule has 1 aliphatic carbocycles. The predicted molar refractivity (Wildman–Crippen MR) is 101 cm³/mol. The first-order chi connectivity index (χ1) is 12.7. The molecule has 0 saturated carbocycles. The second-order valence-corrected chi connectivity index (χ2v) is 7.64. The van der Waals surface area contributed by atoms with Crippen LogP contribution in [0.1, 0.15) is 40.2 Å². The van der Waals surface area contributed by atoms with Crippen LogP contribution in [-0.2, 0) is 19.4 Å². The van der Waals surface area contributed by atoms with Gasteiger partial charge in [-0.3, -0.25) is 10.1 Å². The molecular formula is C20H20N2O3S. The number of nitrogens with zero attached hydrogens (tertiary/aromatic N) is 1. The highest BCUT2D eigenvalue weighted by Crippen LogP contribution is 2.32. The number of aryl methyl sites for hydroxylation is 1. The Hall–Kier alpha value is -2.60. The molecule has 134 valence electrons. The summed E-state index contributed by atoms with van der Waals surface area (Å²) in [5, 5.41) is 3.50. The highest BCUT2D eigenvalue weighted by Gasteiger charge is 2.21. The number of hydrogen-bond donors (Lipinski definition) is 1. The molecule has 0 radical (unpaired) electrons. The number of para-hydroxylation sites is 1. The molecule has 0 fully saturated rings. The average Bonchev–Trinajstić information content (AvgIpc) is 3.27. The third-order valence-corrected chi connectivity index (χ3v) is 5.45. The van der Waals surface area contributed by atoms with Gasteiger partial charge in [0.15, 0.2) is 10.9 Å². The number of carbonyl (C=O) groups is 1. The van der Waals surface area contributed by atoms with Gasteiger partial charge >= 0.3 is 0 Å². The smallest absolute Gasteiger partial charge is 0.293 e. The normalized spacial score (nSPS) is 16.1. The molecule has 5 nitrogen and oxygen atoms in total. The zero-order chi connectivity index (χ0) is 17.9. The van der Waals surface area contributed by atoms with E-state index in [1.54, 1.807) is 23.5 Å². The van der Waals surface area contributed by atoms with Crippen LogP contribution in [0, 0.1) is 5.92 Å². The average molecular weight is 368 g/mol. The van der Waals surface area contributed by atoms with Crippen LogP contribution in [0.3, 0.4) is 0 Å². The second kappa shape index (κ2) is 7.33. The van der Waals surface area contributed by atoms with E-state index in [1.165, 1.54) is 4.88 Å². The Balaban J connectivity index is 1.37. The first-order valence-electron chi connectivity index (χ1n) is 8.74. The molecule has 0 saturated heterocycles. The van der Waals surface area contributed by atoms with Crippen LogP contribution in [-0.4, -0.2) is 10.9 Å². The van der Waals surface area contributed by atoms with Crippen molar-refractivity contribution in [2.75, 3.05) is 5.32 Å². The second-order valence-electron chi connectivity index (χ2n) is 6.56. The number of anilines is 1. The number of rotatable bonds is 5. The van der Waals surface area contributed by atoms with Crippen molar-refractivity contribution in [1.82, 2.24) is 4.98 Å². The third-order valence-electron chi connectivity index (χ3n) is 4.42. The van der Waals surface area contributed by atoms with Crippen LogP contribution in [0.25, 0.3) is 0 Å². The minimum atomic E-state index is -0.282. The lowest BCUT2D eigenvalue weighted by atomic mass is 9.93. The fourth-order valence-corrected chi connectivity index (χ4v) is 4.17.